The molecule has 0 fully saturated rings. The molecule has 0 saturated heterocycles. The standard InChI is InChI=1S/C14H10N4O3/c19-14(12-8-11-9(16-12)5-3-7-15-11)17-10-4-1-2-6-13(10)18(20)21/h1-8,16H,(H,17,19). The number of aromatic nitrogens is 2. The SMILES string of the molecule is O=C(Nc1ccccc1[N+](=O)[O-])c1cc2ncccc2[nH]1. The highest BCUT2D eigenvalue weighted by atomic mass is 16.6. The summed E-state index contributed by atoms with van der Waals surface area (Å²) in [7, 11) is 0. The number of hydrogen-bond donors (Lipinski definition) is 2. The van der Waals surface area contributed by atoms with E-state index in [-0.39, 0.29) is 11.4 Å². The Morgan fingerprint density at radius 1 is 1.24 bits per heavy atom. The maximum Gasteiger partial charge on any atom is 0.292 e. The highest BCUT2D eigenvalue weighted by molar-refractivity contribution is 6.06. The number of fused-ring (bicyclic) bond motifs is 1. The molecule has 3 aromatic rings. The third kappa shape index (κ3) is 2.44. The summed E-state index contributed by atoms with van der Waals surface area (Å²) in [6.45, 7) is 0. The number of hydrogen-bond acceptors (Lipinski definition) is 4. The van der Waals surface area contributed by atoms with Crippen LogP contribution < -0.4 is 5.32 Å². The molecule has 7 nitrogen and oxygen atoms in total. The van der Waals surface area contributed by atoms with Crippen LogP contribution in [-0.4, -0.2) is 20.8 Å². The van der Waals surface area contributed by atoms with Crippen molar-refractivity contribution in [1.82, 2.24) is 9.97 Å². The number of para-hydroxylation sites is 2. The molecule has 104 valence electrons. The first-order valence-corrected chi connectivity index (χ1v) is 6.13. The molecule has 7 heteroatoms. The zero-order valence-electron chi connectivity index (χ0n) is 10.7. The summed E-state index contributed by atoms with van der Waals surface area (Å²) < 4.78 is 0. The van der Waals surface area contributed by atoms with Gasteiger partial charge in [0.25, 0.3) is 11.6 Å². The first kappa shape index (κ1) is 12.8. The van der Waals surface area contributed by atoms with E-state index in [4.69, 9.17) is 0 Å². The van der Waals surface area contributed by atoms with Crippen LogP contribution in [0.2, 0.25) is 0 Å². The second kappa shape index (κ2) is 5.04. The van der Waals surface area contributed by atoms with Crippen LogP contribution in [-0.2, 0) is 0 Å². The molecule has 0 radical (unpaired) electrons. The number of aromatic amines is 1. The van der Waals surface area contributed by atoms with Gasteiger partial charge in [0.05, 0.1) is 16.0 Å². The summed E-state index contributed by atoms with van der Waals surface area (Å²) in [5.74, 6) is -0.456. The molecule has 0 saturated carbocycles. The minimum absolute atomic E-state index is 0.152. The summed E-state index contributed by atoms with van der Waals surface area (Å²) in [6.07, 6.45) is 1.62. The highest BCUT2D eigenvalue weighted by Gasteiger charge is 2.17. The van der Waals surface area contributed by atoms with E-state index in [0.717, 1.165) is 5.52 Å². The summed E-state index contributed by atoms with van der Waals surface area (Å²) in [5.41, 5.74) is 1.68. The van der Waals surface area contributed by atoms with Crippen LogP contribution in [0.4, 0.5) is 11.4 Å². The Morgan fingerprint density at radius 3 is 2.81 bits per heavy atom. The minimum atomic E-state index is -0.539. The molecule has 3 rings (SSSR count). The van der Waals surface area contributed by atoms with Gasteiger partial charge in [0, 0.05) is 12.3 Å². The molecule has 1 aromatic carbocycles. The molecule has 0 bridgehead atoms. The van der Waals surface area contributed by atoms with Gasteiger partial charge in [-0.2, -0.15) is 0 Å². The molecule has 1 amide bonds. The van der Waals surface area contributed by atoms with Gasteiger partial charge < -0.3 is 10.3 Å². The van der Waals surface area contributed by atoms with Crippen molar-refractivity contribution >= 4 is 28.3 Å². The van der Waals surface area contributed by atoms with Gasteiger partial charge in [-0.3, -0.25) is 19.9 Å². The highest BCUT2D eigenvalue weighted by Crippen LogP contribution is 2.24. The fourth-order valence-electron chi connectivity index (χ4n) is 2.01. The number of nitro benzene ring substituents is 1. The van der Waals surface area contributed by atoms with E-state index in [1.165, 1.54) is 12.1 Å². The van der Waals surface area contributed by atoms with Crippen molar-refractivity contribution < 1.29 is 9.72 Å². The maximum atomic E-state index is 12.2. The van der Waals surface area contributed by atoms with Crippen LogP contribution in [0.25, 0.3) is 11.0 Å². The third-order valence-corrected chi connectivity index (χ3v) is 2.98. The molecule has 0 aliphatic carbocycles. The molecule has 0 aliphatic rings. The Kier molecular flexibility index (Phi) is 3.07. The lowest BCUT2D eigenvalue weighted by Gasteiger charge is -2.04. The minimum Gasteiger partial charge on any atom is -0.349 e. The number of nitrogens with zero attached hydrogens (tertiary/aromatic N) is 2. The largest absolute Gasteiger partial charge is 0.349 e. The zero-order valence-corrected chi connectivity index (χ0v) is 10.7. The zero-order chi connectivity index (χ0) is 14.8. The van der Waals surface area contributed by atoms with Gasteiger partial charge >= 0.3 is 0 Å². The Hall–Kier alpha value is -3.22. The summed E-state index contributed by atoms with van der Waals surface area (Å²) in [6, 6.07) is 11.1. The molecular formula is C14H10N4O3. The number of carbonyl (C=O) groups excluding carboxylic acids is 1. The van der Waals surface area contributed by atoms with Crippen molar-refractivity contribution in [2.24, 2.45) is 0 Å². The molecule has 0 spiro atoms. The van der Waals surface area contributed by atoms with Crippen LogP contribution in [0, 0.1) is 10.1 Å². The predicted molar refractivity (Wildman–Crippen MR) is 77.1 cm³/mol. The Bertz CT molecular complexity index is 808. The fourth-order valence-corrected chi connectivity index (χ4v) is 2.01. The van der Waals surface area contributed by atoms with Gasteiger partial charge in [-0.15, -0.1) is 0 Å². The molecule has 2 N–H and O–H groups in total. The normalized spacial score (nSPS) is 10.5. The molecule has 21 heavy (non-hydrogen) atoms. The van der Waals surface area contributed by atoms with Crippen molar-refractivity contribution in [3.8, 4) is 0 Å². The first-order chi connectivity index (χ1) is 10.1. The van der Waals surface area contributed by atoms with Crippen molar-refractivity contribution in [3.63, 3.8) is 0 Å². The van der Waals surface area contributed by atoms with Crippen molar-refractivity contribution in [3.05, 3.63) is 64.5 Å². The Balaban J connectivity index is 1.91. The number of nitrogens with one attached hydrogen (secondary N) is 2. The number of anilines is 1. The quantitative estimate of drug-likeness (QED) is 0.569. The number of H-pyrrole nitrogens is 1. The van der Waals surface area contributed by atoms with Gasteiger partial charge in [0.1, 0.15) is 11.4 Å². The number of benzene rings is 1. The van der Waals surface area contributed by atoms with E-state index in [2.05, 4.69) is 15.3 Å². The summed E-state index contributed by atoms with van der Waals surface area (Å²) in [4.78, 5) is 29.6. The smallest absolute Gasteiger partial charge is 0.292 e. The summed E-state index contributed by atoms with van der Waals surface area (Å²) in [5, 5.41) is 13.4. The van der Waals surface area contributed by atoms with Crippen LogP contribution in [0.5, 0.6) is 0 Å². The molecular weight excluding hydrogens is 272 g/mol. The van der Waals surface area contributed by atoms with Crippen molar-refractivity contribution in [2.45, 2.75) is 0 Å². The van der Waals surface area contributed by atoms with E-state index in [0.29, 0.717) is 11.2 Å². The molecule has 2 heterocycles. The van der Waals surface area contributed by atoms with Gasteiger partial charge in [0.15, 0.2) is 0 Å². The lowest BCUT2D eigenvalue weighted by atomic mass is 10.2. The topological polar surface area (TPSA) is 101 Å². The van der Waals surface area contributed by atoms with E-state index < -0.39 is 10.8 Å². The molecule has 0 unspecified atom stereocenters. The van der Waals surface area contributed by atoms with Gasteiger partial charge in [0.2, 0.25) is 0 Å². The van der Waals surface area contributed by atoms with Crippen LogP contribution >= 0.6 is 0 Å². The fraction of sp³-hybridized carbons (Fsp3) is 0. The maximum absolute atomic E-state index is 12.2. The number of pyridine rings is 1. The molecule has 0 atom stereocenters. The monoisotopic (exact) mass is 282 g/mol. The van der Waals surface area contributed by atoms with E-state index in [9.17, 15) is 14.9 Å². The molecule has 2 aromatic heterocycles. The van der Waals surface area contributed by atoms with Gasteiger partial charge in [-0.05, 0) is 24.3 Å². The lowest BCUT2D eigenvalue weighted by molar-refractivity contribution is -0.383. The third-order valence-electron chi connectivity index (χ3n) is 2.98. The second-order valence-corrected chi connectivity index (χ2v) is 4.35. The van der Waals surface area contributed by atoms with E-state index >= 15 is 0 Å². The average Bonchev–Trinajstić information content (AvgIpc) is 2.91. The van der Waals surface area contributed by atoms with Crippen LogP contribution in [0.3, 0.4) is 0 Å². The van der Waals surface area contributed by atoms with Gasteiger partial charge in [-0.25, -0.2) is 0 Å². The average molecular weight is 282 g/mol. The number of nitro groups is 1. The van der Waals surface area contributed by atoms with E-state index in [1.807, 2.05) is 0 Å². The Morgan fingerprint density at radius 2 is 2.05 bits per heavy atom. The summed E-state index contributed by atoms with van der Waals surface area (Å²) >= 11 is 0. The predicted octanol–water partition coefficient (Wildman–Crippen LogP) is 2.72. The number of rotatable bonds is 3. The first-order valence-electron chi connectivity index (χ1n) is 6.13. The second-order valence-electron chi connectivity index (χ2n) is 4.35. The van der Waals surface area contributed by atoms with Crippen molar-refractivity contribution in [1.29, 1.82) is 0 Å². The number of amides is 1. The molecule has 0 aliphatic heterocycles. The van der Waals surface area contributed by atoms with Crippen LogP contribution in [0.1, 0.15) is 10.5 Å². The van der Waals surface area contributed by atoms with Gasteiger partial charge in [-0.1, -0.05) is 12.1 Å². The number of carbonyl (C=O) groups is 1. The Labute approximate surface area is 118 Å². The van der Waals surface area contributed by atoms with Crippen LogP contribution in [0.15, 0.2) is 48.7 Å². The van der Waals surface area contributed by atoms with E-state index in [1.54, 1.807) is 36.5 Å². The van der Waals surface area contributed by atoms with Crippen molar-refractivity contribution in [2.75, 3.05) is 5.32 Å². The lowest BCUT2D eigenvalue weighted by Crippen LogP contribution is -2.13.